The SMILES string of the molecule is CCCCc1nn2c(=O)cc(COC(=O)c3ccccc3NC(=O)c3ccccc3F)nc2s1. The van der Waals surface area contributed by atoms with Gasteiger partial charge in [0.2, 0.25) is 4.96 Å². The molecule has 0 saturated carbocycles. The molecule has 8 nitrogen and oxygen atoms in total. The first-order chi connectivity index (χ1) is 16.5. The van der Waals surface area contributed by atoms with E-state index in [0.29, 0.717) is 4.96 Å². The summed E-state index contributed by atoms with van der Waals surface area (Å²) in [6, 6.07) is 13.1. The average Bonchev–Trinajstić information content (AvgIpc) is 3.25. The van der Waals surface area contributed by atoms with E-state index in [1.54, 1.807) is 18.2 Å². The number of hydrogen-bond acceptors (Lipinski definition) is 7. The minimum Gasteiger partial charge on any atom is -0.456 e. The summed E-state index contributed by atoms with van der Waals surface area (Å²) in [6.45, 7) is 1.84. The van der Waals surface area contributed by atoms with Crippen LogP contribution in [0.3, 0.4) is 0 Å². The minimum atomic E-state index is -0.723. The third-order valence-electron chi connectivity index (χ3n) is 4.95. The molecule has 0 aliphatic rings. The lowest BCUT2D eigenvalue weighted by molar-refractivity contribution is 0.0469. The van der Waals surface area contributed by atoms with Gasteiger partial charge in [0, 0.05) is 12.5 Å². The molecule has 0 bridgehead atoms. The van der Waals surface area contributed by atoms with Gasteiger partial charge < -0.3 is 10.1 Å². The lowest BCUT2D eigenvalue weighted by atomic mass is 10.1. The molecule has 2 aromatic heterocycles. The number of rotatable bonds is 8. The molecule has 4 aromatic rings. The van der Waals surface area contributed by atoms with Crippen molar-refractivity contribution in [2.24, 2.45) is 0 Å². The van der Waals surface area contributed by atoms with Gasteiger partial charge in [-0.2, -0.15) is 9.61 Å². The van der Waals surface area contributed by atoms with Crippen LogP contribution in [0.5, 0.6) is 0 Å². The number of ether oxygens (including phenoxy) is 1. The number of aromatic nitrogens is 3. The number of hydrogen-bond donors (Lipinski definition) is 1. The summed E-state index contributed by atoms with van der Waals surface area (Å²) >= 11 is 1.33. The van der Waals surface area contributed by atoms with Gasteiger partial charge in [-0.05, 0) is 30.7 Å². The van der Waals surface area contributed by atoms with E-state index in [9.17, 15) is 18.8 Å². The Morgan fingerprint density at radius 2 is 1.85 bits per heavy atom. The van der Waals surface area contributed by atoms with Crippen LogP contribution in [0.1, 0.15) is 51.2 Å². The Balaban J connectivity index is 1.48. The van der Waals surface area contributed by atoms with Gasteiger partial charge in [-0.25, -0.2) is 14.2 Å². The molecule has 0 fully saturated rings. The average molecular weight is 481 g/mol. The second-order valence-corrected chi connectivity index (χ2v) is 8.48. The van der Waals surface area contributed by atoms with Crippen molar-refractivity contribution in [1.82, 2.24) is 14.6 Å². The fraction of sp³-hybridized carbons (Fsp3) is 0.208. The van der Waals surface area contributed by atoms with Gasteiger partial charge in [-0.1, -0.05) is 48.9 Å². The monoisotopic (exact) mass is 480 g/mol. The van der Waals surface area contributed by atoms with E-state index in [1.165, 1.54) is 52.3 Å². The van der Waals surface area contributed by atoms with Gasteiger partial charge in [0.15, 0.2) is 0 Å². The topological polar surface area (TPSA) is 103 Å². The summed E-state index contributed by atoms with van der Waals surface area (Å²) in [5.74, 6) is -2.09. The number of esters is 1. The van der Waals surface area contributed by atoms with E-state index < -0.39 is 17.7 Å². The van der Waals surface area contributed by atoms with Crippen molar-refractivity contribution in [3.8, 4) is 0 Å². The zero-order valence-electron chi connectivity index (χ0n) is 18.3. The fourth-order valence-corrected chi connectivity index (χ4v) is 4.18. The van der Waals surface area contributed by atoms with Crippen molar-refractivity contribution >= 4 is 33.9 Å². The van der Waals surface area contributed by atoms with Crippen LogP contribution in [0.25, 0.3) is 4.96 Å². The number of unbranched alkanes of at least 4 members (excludes halogenated alkanes) is 1. The van der Waals surface area contributed by atoms with Gasteiger partial charge in [-0.3, -0.25) is 9.59 Å². The van der Waals surface area contributed by atoms with Crippen molar-refractivity contribution in [2.45, 2.75) is 32.8 Å². The lowest BCUT2D eigenvalue weighted by Gasteiger charge is -2.11. The third-order valence-corrected chi connectivity index (χ3v) is 5.92. The number of carbonyl (C=O) groups is 2. The summed E-state index contributed by atoms with van der Waals surface area (Å²) in [5, 5.41) is 7.65. The molecule has 1 N–H and O–H groups in total. The van der Waals surface area contributed by atoms with E-state index in [1.807, 2.05) is 0 Å². The molecule has 4 rings (SSSR count). The number of benzene rings is 2. The molecule has 174 valence electrons. The van der Waals surface area contributed by atoms with Gasteiger partial charge in [0.1, 0.15) is 17.4 Å². The zero-order chi connectivity index (χ0) is 24.1. The van der Waals surface area contributed by atoms with Crippen LogP contribution in [-0.4, -0.2) is 26.5 Å². The van der Waals surface area contributed by atoms with Crippen LogP contribution in [-0.2, 0) is 17.8 Å². The fourth-order valence-electron chi connectivity index (χ4n) is 3.22. The van der Waals surface area contributed by atoms with E-state index in [0.717, 1.165) is 24.3 Å². The highest BCUT2D eigenvalue weighted by atomic mass is 32.1. The molecule has 0 atom stereocenters. The predicted octanol–water partition coefficient (Wildman–Crippen LogP) is 4.24. The number of nitrogens with one attached hydrogen (secondary N) is 1. The number of halogens is 1. The maximum Gasteiger partial charge on any atom is 0.340 e. The van der Waals surface area contributed by atoms with Gasteiger partial charge in [0.05, 0.1) is 22.5 Å². The van der Waals surface area contributed by atoms with Crippen LogP contribution in [0, 0.1) is 5.82 Å². The number of anilines is 1. The maximum atomic E-state index is 13.9. The van der Waals surface area contributed by atoms with Crippen LogP contribution in [0.15, 0.2) is 59.4 Å². The number of nitrogens with zero attached hydrogens (tertiary/aromatic N) is 3. The largest absolute Gasteiger partial charge is 0.456 e. The van der Waals surface area contributed by atoms with Crippen molar-refractivity contribution in [2.75, 3.05) is 5.32 Å². The first kappa shape index (κ1) is 23.2. The summed E-state index contributed by atoms with van der Waals surface area (Å²) in [5.41, 5.74) is 0.0490. The molecule has 2 aromatic carbocycles. The predicted molar refractivity (Wildman–Crippen MR) is 126 cm³/mol. The molecule has 0 radical (unpaired) electrons. The van der Waals surface area contributed by atoms with Crippen LogP contribution < -0.4 is 10.9 Å². The van der Waals surface area contributed by atoms with Crippen LogP contribution in [0.2, 0.25) is 0 Å². The van der Waals surface area contributed by atoms with Gasteiger partial charge in [0.25, 0.3) is 11.5 Å². The first-order valence-corrected chi connectivity index (χ1v) is 11.5. The third kappa shape index (κ3) is 5.18. The molecule has 0 saturated heterocycles. The summed E-state index contributed by atoms with van der Waals surface area (Å²) in [7, 11) is 0. The Labute approximate surface area is 198 Å². The van der Waals surface area contributed by atoms with E-state index in [4.69, 9.17) is 4.74 Å². The Morgan fingerprint density at radius 3 is 2.62 bits per heavy atom. The quantitative estimate of drug-likeness (QED) is 0.379. The van der Waals surface area contributed by atoms with E-state index in [-0.39, 0.29) is 34.7 Å². The van der Waals surface area contributed by atoms with Crippen LogP contribution >= 0.6 is 11.3 Å². The van der Waals surface area contributed by atoms with E-state index in [2.05, 4.69) is 22.3 Å². The Kier molecular flexibility index (Phi) is 7.07. The number of aryl methyl sites for hydroxylation is 1. The van der Waals surface area contributed by atoms with Crippen molar-refractivity contribution in [3.05, 3.63) is 92.6 Å². The van der Waals surface area contributed by atoms with Gasteiger partial charge >= 0.3 is 5.97 Å². The molecular weight excluding hydrogens is 459 g/mol. The van der Waals surface area contributed by atoms with Crippen molar-refractivity contribution < 1.29 is 18.7 Å². The minimum absolute atomic E-state index is 0.0876. The standard InChI is InChI=1S/C24H21FN4O4S/c1-2-3-12-20-28-29-21(30)13-15(26-24(29)34-20)14-33-23(32)17-9-5-7-11-19(17)27-22(31)16-8-4-6-10-18(16)25/h4-11,13H,2-3,12,14H2,1H3,(H,27,31). The molecule has 0 aliphatic heterocycles. The first-order valence-electron chi connectivity index (χ1n) is 10.7. The summed E-state index contributed by atoms with van der Waals surface area (Å²) < 4.78 is 20.5. The Morgan fingerprint density at radius 1 is 1.12 bits per heavy atom. The smallest absolute Gasteiger partial charge is 0.340 e. The Bertz CT molecular complexity index is 1420. The number of amides is 1. The van der Waals surface area contributed by atoms with Crippen molar-refractivity contribution in [1.29, 1.82) is 0 Å². The van der Waals surface area contributed by atoms with E-state index >= 15 is 0 Å². The molecule has 10 heteroatoms. The lowest BCUT2D eigenvalue weighted by Crippen LogP contribution is -2.18. The highest BCUT2D eigenvalue weighted by molar-refractivity contribution is 7.16. The van der Waals surface area contributed by atoms with Gasteiger partial charge in [-0.15, -0.1) is 0 Å². The summed E-state index contributed by atoms with van der Waals surface area (Å²) in [6.07, 6.45) is 2.75. The highest BCUT2D eigenvalue weighted by Gasteiger charge is 2.18. The normalized spacial score (nSPS) is 10.9. The maximum absolute atomic E-state index is 13.9. The number of fused-ring (bicyclic) bond motifs is 1. The summed E-state index contributed by atoms with van der Waals surface area (Å²) in [4.78, 5) is 42.4. The second kappa shape index (κ2) is 10.3. The zero-order valence-corrected chi connectivity index (χ0v) is 19.1. The Hall–Kier alpha value is -3.92. The molecule has 0 aliphatic carbocycles. The molecule has 2 heterocycles. The molecule has 0 unspecified atom stereocenters. The molecular formula is C24H21FN4O4S. The van der Waals surface area contributed by atoms with Crippen molar-refractivity contribution in [3.63, 3.8) is 0 Å². The molecule has 0 spiro atoms. The molecule has 34 heavy (non-hydrogen) atoms. The molecule has 1 amide bonds. The number of carbonyl (C=O) groups excluding carboxylic acids is 2. The number of para-hydroxylation sites is 1. The highest BCUT2D eigenvalue weighted by Crippen LogP contribution is 2.19. The second-order valence-electron chi connectivity index (χ2n) is 7.44. The van der Waals surface area contributed by atoms with Crippen LogP contribution in [0.4, 0.5) is 10.1 Å².